The summed E-state index contributed by atoms with van der Waals surface area (Å²) in [7, 11) is 0. The molecule has 128 valence electrons. The zero-order valence-electron chi connectivity index (χ0n) is 13.8. The molecule has 0 unspecified atom stereocenters. The monoisotopic (exact) mass is 423 g/mol. The van der Waals surface area contributed by atoms with E-state index in [1.54, 1.807) is 18.2 Å². The molecule has 3 aromatic carbocycles. The summed E-state index contributed by atoms with van der Waals surface area (Å²) in [6.07, 6.45) is 1.80. The Hall–Kier alpha value is -2.54. The Bertz CT molecular complexity index is 960. The molecule has 0 saturated carbocycles. The molecule has 0 aliphatic rings. The van der Waals surface area contributed by atoms with Crippen molar-refractivity contribution in [3.05, 3.63) is 99.0 Å². The highest BCUT2D eigenvalue weighted by Gasteiger charge is 2.07. The van der Waals surface area contributed by atoms with E-state index < -0.39 is 0 Å². The van der Waals surface area contributed by atoms with Crippen molar-refractivity contribution in [3.8, 4) is 11.8 Å². The molecule has 0 atom stereocenters. The van der Waals surface area contributed by atoms with E-state index in [0.29, 0.717) is 23.0 Å². The van der Waals surface area contributed by atoms with E-state index in [1.165, 1.54) is 0 Å². The van der Waals surface area contributed by atoms with Gasteiger partial charge in [0.05, 0.1) is 11.6 Å². The van der Waals surface area contributed by atoms with Gasteiger partial charge in [0.1, 0.15) is 12.4 Å². The molecular weight excluding hydrogens is 410 g/mol. The molecule has 0 aliphatic heterocycles. The minimum atomic E-state index is 0.448. The minimum absolute atomic E-state index is 0.448. The van der Waals surface area contributed by atoms with Crippen LogP contribution in [0.2, 0.25) is 5.02 Å². The fourth-order valence-electron chi connectivity index (χ4n) is 2.46. The van der Waals surface area contributed by atoms with Crippen LogP contribution in [-0.4, -0.2) is 0 Å². The SMILES string of the molecule is N#C/C(=C\c1cc(Cl)ccc1OCc1ccccc1)c1ccc(Br)cc1. The molecule has 26 heavy (non-hydrogen) atoms. The van der Waals surface area contributed by atoms with Crippen molar-refractivity contribution >= 4 is 39.2 Å². The largest absolute Gasteiger partial charge is 0.488 e. The van der Waals surface area contributed by atoms with E-state index in [-0.39, 0.29) is 0 Å². The number of rotatable bonds is 5. The predicted octanol–water partition coefficient (Wildman–Crippen LogP) is 6.75. The van der Waals surface area contributed by atoms with Gasteiger partial charge in [0.15, 0.2) is 0 Å². The van der Waals surface area contributed by atoms with Gasteiger partial charge in [0.2, 0.25) is 0 Å². The fraction of sp³-hybridized carbons (Fsp3) is 0.0455. The van der Waals surface area contributed by atoms with Crippen molar-refractivity contribution in [2.45, 2.75) is 6.61 Å². The Kier molecular flexibility index (Phi) is 6.12. The molecule has 0 amide bonds. The number of nitriles is 1. The number of allylic oxidation sites excluding steroid dienone is 1. The first-order valence-corrected chi connectivity index (χ1v) is 9.17. The van der Waals surface area contributed by atoms with Crippen LogP contribution in [-0.2, 0) is 6.61 Å². The molecule has 3 aromatic rings. The third-order valence-electron chi connectivity index (χ3n) is 3.78. The van der Waals surface area contributed by atoms with Crippen molar-refractivity contribution in [1.29, 1.82) is 5.26 Å². The van der Waals surface area contributed by atoms with Crippen molar-refractivity contribution in [3.63, 3.8) is 0 Å². The van der Waals surface area contributed by atoms with Crippen LogP contribution in [0.4, 0.5) is 0 Å². The van der Waals surface area contributed by atoms with E-state index in [0.717, 1.165) is 21.2 Å². The summed E-state index contributed by atoms with van der Waals surface area (Å²) < 4.78 is 6.92. The summed E-state index contributed by atoms with van der Waals surface area (Å²) in [6.45, 7) is 0.448. The molecular formula is C22H15BrClNO. The standard InChI is InChI=1S/C22H15BrClNO/c23-20-8-6-17(7-9-20)19(14-25)12-18-13-21(24)10-11-22(18)26-15-16-4-2-1-3-5-16/h1-13H,15H2/b19-12+. The molecule has 0 saturated heterocycles. The maximum absolute atomic E-state index is 9.57. The molecule has 0 aromatic heterocycles. The molecule has 0 fully saturated rings. The van der Waals surface area contributed by atoms with Crippen LogP contribution in [0.25, 0.3) is 11.6 Å². The molecule has 3 rings (SSSR count). The summed E-state index contributed by atoms with van der Waals surface area (Å²) in [4.78, 5) is 0. The van der Waals surface area contributed by atoms with Crippen LogP contribution in [0.3, 0.4) is 0 Å². The van der Waals surface area contributed by atoms with Crippen LogP contribution in [0.15, 0.2) is 77.3 Å². The molecule has 0 aliphatic carbocycles. The molecule has 0 heterocycles. The highest BCUT2D eigenvalue weighted by Crippen LogP contribution is 2.28. The Morgan fingerprint density at radius 3 is 2.46 bits per heavy atom. The number of halogens is 2. The second-order valence-electron chi connectivity index (χ2n) is 5.63. The zero-order valence-corrected chi connectivity index (χ0v) is 16.2. The van der Waals surface area contributed by atoms with E-state index in [1.807, 2.05) is 60.7 Å². The van der Waals surface area contributed by atoms with E-state index >= 15 is 0 Å². The highest BCUT2D eigenvalue weighted by molar-refractivity contribution is 9.10. The number of ether oxygens (including phenoxy) is 1. The molecule has 0 N–H and O–H groups in total. The van der Waals surface area contributed by atoms with Gasteiger partial charge >= 0.3 is 0 Å². The van der Waals surface area contributed by atoms with Crippen molar-refractivity contribution in [2.75, 3.05) is 0 Å². The number of benzene rings is 3. The number of hydrogen-bond acceptors (Lipinski definition) is 2. The van der Waals surface area contributed by atoms with Crippen LogP contribution in [0.1, 0.15) is 16.7 Å². The van der Waals surface area contributed by atoms with Crippen molar-refractivity contribution in [1.82, 2.24) is 0 Å². The molecule has 0 bridgehead atoms. The maximum Gasteiger partial charge on any atom is 0.127 e. The van der Waals surface area contributed by atoms with Crippen molar-refractivity contribution < 1.29 is 4.74 Å². The first-order chi connectivity index (χ1) is 12.7. The normalized spacial score (nSPS) is 11.0. The number of nitrogens with zero attached hydrogens (tertiary/aromatic N) is 1. The molecule has 0 spiro atoms. The van der Waals surface area contributed by atoms with Crippen LogP contribution >= 0.6 is 27.5 Å². The second-order valence-corrected chi connectivity index (χ2v) is 6.99. The lowest BCUT2D eigenvalue weighted by molar-refractivity contribution is 0.305. The van der Waals surface area contributed by atoms with E-state index in [4.69, 9.17) is 16.3 Å². The van der Waals surface area contributed by atoms with Crippen LogP contribution in [0.5, 0.6) is 5.75 Å². The van der Waals surface area contributed by atoms with Crippen LogP contribution in [0, 0.1) is 11.3 Å². The average molecular weight is 425 g/mol. The quantitative estimate of drug-likeness (QED) is 0.335. The number of hydrogen-bond donors (Lipinski definition) is 0. The molecule has 2 nitrogen and oxygen atoms in total. The zero-order chi connectivity index (χ0) is 18.4. The topological polar surface area (TPSA) is 33.0 Å². The highest BCUT2D eigenvalue weighted by atomic mass is 79.9. The van der Waals surface area contributed by atoms with Gasteiger partial charge < -0.3 is 4.74 Å². The second kappa shape index (κ2) is 8.71. The third-order valence-corrected chi connectivity index (χ3v) is 4.55. The van der Waals surface area contributed by atoms with Gasteiger partial charge in [0.25, 0.3) is 0 Å². The summed E-state index contributed by atoms with van der Waals surface area (Å²) in [5, 5.41) is 10.2. The average Bonchev–Trinajstić information content (AvgIpc) is 2.67. The Labute approximate surface area is 166 Å². The third kappa shape index (κ3) is 4.76. The minimum Gasteiger partial charge on any atom is -0.488 e. The van der Waals surface area contributed by atoms with E-state index in [2.05, 4.69) is 22.0 Å². The summed E-state index contributed by atoms with van der Waals surface area (Å²) >= 11 is 9.56. The summed E-state index contributed by atoms with van der Waals surface area (Å²) in [6, 6.07) is 25.2. The van der Waals surface area contributed by atoms with E-state index in [9.17, 15) is 5.26 Å². The van der Waals surface area contributed by atoms with Gasteiger partial charge in [0, 0.05) is 15.1 Å². The van der Waals surface area contributed by atoms with Crippen molar-refractivity contribution in [2.24, 2.45) is 0 Å². The predicted molar refractivity (Wildman–Crippen MR) is 110 cm³/mol. The first-order valence-electron chi connectivity index (χ1n) is 8.00. The van der Waals surface area contributed by atoms with Gasteiger partial charge in [-0.2, -0.15) is 5.26 Å². The molecule has 4 heteroatoms. The van der Waals surface area contributed by atoms with Gasteiger partial charge in [-0.3, -0.25) is 0 Å². The van der Waals surface area contributed by atoms with Gasteiger partial charge in [-0.15, -0.1) is 0 Å². The maximum atomic E-state index is 9.57. The fourth-order valence-corrected chi connectivity index (χ4v) is 2.91. The van der Waals surface area contributed by atoms with Crippen LogP contribution < -0.4 is 4.74 Å². The Balaban J connectivity index is 1.91. The first kappa shape index (κ1) is 18.3. The lowest BCUT2D eigenvalue weighted by atomic mass is 10.0. The lowest BCUT2D eigenvalue weighted by Crippen LogP contribution is -1.97. The summed E-state index contributed by atoms with van der Waals surface area (Å²) in [5.41, 5.74) is 3.23. The smallest absolute Gasteiger partial charge is 0.127 e. The Morgan fingerprint density at radius 1 is 1.04 bits per heavy atom. The van der Waals surface area contributed by atoms with Gasteiger partial charge in [-0.25, -0.2) is 0 Å². The van der Waals surface area contributed by atoms with Gasteiger partial charge in [-0.1, -0.05) is 70.0 Å². The van der Waals surface area contributed by atoms with Gasteiger partial charge in [-0.05, 0) is 47.5 Å². The lowest BCUT2D eigenvalue weighted by Gasteiger charge is -2.10. The molecule has 0 radical (unpaired) electrons. The summed E-state index contributed by atoms with van der Waals surface area (Å²) in [5.74, 6) is 0.683. The Morgan fingerprint density at radius 2 is 1.77 bits per heavy atom.